The number of hydrogen-bond acceptors (Lipinski definition) is 4. The zero-order chi connectivity index (χ0) is 20.1. The molecule has 8 heteroatoms. The number of nitrogens with two attached hydrogens (primary N) is 2. The van der Waals surface area contributed by atoms with Crippen molar-refractivity contribution in [1.82, 2.24) is 4.90 Å². The van der Waals surface area contributed by atoms with Crippen LogP contribution in [-0.4, -0.2) is 44.3 Å². The van der Waals surface area contributed by atoms with Crippen LogP contribution in [0.25, 0.3) is 0 Å². The van der Waals surface area contributed by atoms with Crippen molar-refractivity contribution in [2.45, 2.75) is 30.2 Å². The minimum absolute atomic E-state index is 0.0749. The highest BCUT2D eigenvalue weighted by Crippen LogP contribution is 2.12. The molecule has 2 aromatic carbocycles. The van der Waals surface area contributed by atoms with Crippen LogP contribution in [-0.2, 0) is 32.5 Å². The van der Waals surface area contributed by atoms with E-state index in [-0.39, 0.29) is 29.2 Å². The second-order valence-corrected chi connectivity index (χ2v) is 8.45. The summed E-state index contributed by atoms with van der Waals surface area (Å²) in [7, 11) is -3.69. The fourth-order valence-corrected chi connectivity index (χ4v) is 3.83. The van der Waals surface area contributed by atoms with Crippen LogP contribution in [0, 0.1) is 0 Å². The fourth-order valence-electron chi connectivity index (χ4n) is 3.31. The Balaban J connectivity index is 1.48. The van der Waals surface area contributed by atoms with E-state index in [9.17, 15) is 18.0 Å². The highest BCUT2D eigenvalue weighted by Gasteiger charge is 2.40. The second kappa shape index (κ2) is 8.64. The number of hydrogen-bond donors (Lipinski definition) is 2. The van der Waals surface area contributed by atoms with Gasteiger partial charge in [-0.1, -0.05) is 42.5 Å². The summed E-state index contributed by atoms with van der Waals surface area (Å²) in [6.45, 7) is 1.03. The molecule has 0 aliphatic carbocycles. The van der Waals surface area contributed by atoms with Crippen molar-refractivity contribution in [3.63, 3.8) is 0 Å². The molecule has 7 nitrogen and oxygen atoms in total. The maximum absolute atomic E-state index is 12.5. The molecule has 1 saturated heterocycles. The number of amides is 2. The van der Waals surface area contributed by atoms with E-state index in [0.29, 0.717) is 25.9 Å². The number of nitrogens with zero attached hydrogens (tertiary/aromatic N) is 1. The Kier molecular flexibility index (Phi) is 6.23. The van der Waals surface area contributed by atoms with E-state index in [1.54, 1.807) is 12.1 Å². The first-order chi connectivity index (χ1) is 13.3. The van der Waals surface area contributed by atoms with Gasteiger partial charge in [0.25, 0.3) is 5.91 Å². The maximum Gasteiger partial charge on any atom is 0.287 e. The van der Waals surface area contributed by atoms with Crippen LogP contribution < -0.4 is 10.5 Å². The Morgan fingerprint density at radius 1 is 0.964 bits per heavy atom. The minimum atomic E-state index is -3.69. The molecule has 148 valence electrons. The molecule has 0 aromatic heterocycles. The molecule has 3 rings (SSSR count). The number of carbonyl (C=O) groups is 2. The molecule has 0 radical (unpaired) electrons. The predicted molar refractivity (Wildman–Crippen MR) is 104 cm³/mol. The van der Waals surface area contributed by atoms with Crippen LogP contribution in [0.15, 0.2) is 59.5 Å². The number of quaternary nitrogens is 1. The normalized spacial score (nSPS) is 17.3. The van der Waals surface area contributed by atoms with E-state index in [1.165, 1.54) is 17.0 Å². The van der Waals surface area contributed by atoms with Crippen molar-refractivity contribution in [2.75, 3.05) is 13.1 Å². The largest absolute Gasteiger partial charge is 0.335 e. The number of sulfonamides is 1. The molecule has 0 spiro atoms. The number of likely N-dealkylation sites (tertiary alicyclic amines) is 1. The third kappa shape index (κ3) is 5.03. The van der Waals surface area contributed by atoms with Crippen LogP contribution in [0.2, 0.25) is 0 Å². The van der Waals surface area contributed by atoms with Gasteiger partial charge in [0.1, 0.15) is 0 Å². The first kappa shape index (κ1) is 20.2. The average molecular weight is 402 g/mol. The van der Waals surface area contributed by atoms with E-state index in [0.717, 1.165) is 11.1 Å². The van der Waals surface area contributed by atoms with Gasteiger partial charge in [-0.3, -0.25) is 14.5 Å². The summed E-state index contributed by atoms with van der Waals surface area (Å²) in [6.07, 6.45) is 1.53. The quantitative estimate of drug-likeness (QED) is 0.596. The van der Waals surface area contributed by atoms with Crippen molar-refractivity contribution < 1.29 is 23.3 Å². The van der Waals surface area contributed by atoms with Crippen LogP contribution in [0.1, 0.15) is 17.5 Å². The standard InChI is InChI=1S/C20H23N3O4S/c21-28(26,27)17-8-6-16(7-9-17)10-12-22-18-14-19(24)23(20(18)25)13-11-15-4-2-1-3-5-15/h1-9,18,22H,10-14H2,(H2,21,26,27)/p+1/t18-/m0/s1. The van der Waals surface area contributed by atoms with Gasteiger partial charge in [-0.15, -0.1) is 0 Å². The zero-order valence-corrected chi connectivity index (χ0v) is 16.3. The lowest BCUT2D eigenvalue weighted by molar-refractivity contribution is -0.674. The monoisotopic (exact) mass is 402 g/mol. The molecule has 2 amide bonds. The smallest absolute Gasteiger partial charge is 0.287 e. The molecule has 2 aromatic rings. The Labute approximate surface area is 164 Å². The Morgan fingerprint density at radius 3 is 2.25 bits per heavy atom. The molecule has 28 heavy (non-hydrogen) atoms. The molecular weight excluding hydrogens is 378 g/mol. The van der Waals surface area contributed by atoms with Crippen LogP contribution in [0.3, 0.4) is 0 Å². The van der Waals surface area contributed by atoms with E-state index in [2.05, 4.69) is 0 Å². The maximum atomic E-state index is 12.5. The minimum Gasteiger partial charge on any atom is -0.335 e. The summed E-state index contributed by atoms with van der Waals surface area (Å²) in [5.74, 6) is -0.259. The average Bonchev–Trinajstić information content (AvgIpc) is 2.94. The van der Waals surface area contributed by atoms with Crippen molar-refractivity contribution in [3.05, 3.63) is 65.7 Å². The van der Waals surface area contributed by atoms with Crippen LogP contribution in [0.5, 0.6) is 0 Å². The van der Waals surface area contributed by atoms with Gasteiger partial charge >= 0.3 is 0 Å². The van der Waals surface area contributed by atoms with Gasteiger partial charge in [0, 0.05) is 13.0 Å². The van der Waals surface area contributed by atoms with E-state index < -0.39 is 10.0 Å². The summed E-state index contributed by atoms with van der Waals surface area (Å²) in [5.41, 5.74) is 2.04. The highest BCUT2D eigenvalue weighted by atomic mass is 32.2. The molecule has 1 atom stereocenters. The van der Waals surface area contributed by atoms with Gasteiger partial charge in [0.05, 0.1) is 17.9 Å². The molecule has 1 heterocycles. The molecular formula is C20H24N3O4S+. The summed E-state index contributed by atoms with van der Waals surface area (Å²) in [6, 6.07) is 15.8. The first-order valence-corrected chi connectivity index (χ1v) is 10.7. The first-order valence-electron chi connectivity index (χ1n) is 9.18. The van der Waals surface area contributed by atoms with Crippen molar-refractivity contribution in [3.8, 4) is 0 Å². The summed E-state index contributed by atoms with van der Waals surface area (Å²) in [4.78, 5) is 26.2. The van der Waals surface area contributed by atoms with E-state index >= 15 is 0 Å². The molecule has 1 aliphatic rings. The summed E-state index contributed by atoms with van der Waals surface area (Å²) >= 11 is 0. The van der Waals surface area contributed by atoms with Gasteiger partial charge in [-0.05, 0) is 29.7 Å². The van der Waals surface area contributed by atoms with Gasteiger partial charge in [0.2, 0.25) is 15.9 Å². The fraction of sp³-hybridized carbons (Fsp3) is 0.300. The number of imide groups is 1. The predicted octanol–water partition coefficient (Wildman–Crippen LogP) is -0.190. The number of benzene rings is 2. The highest BCUT2D eigenvalue weighted by molar-refractivity contribution is 7.89. The number of carbonyl (C=O) groups excluding carboxylic acids is 2. The lowest BCUT2D eigenvalue weighted by Crippen LogP contribution is -2.92. The van der Waals surface area contributed by atoms with Crippen LogP contribution >= 0.6 is 0 Å². The van der Waals surface area contributed by atoms with Crippen LogP contribution in [0.4, 0.5) is 0 Å². The number of rotatable bonds is 8. The molecule has 0 saturated carbocycles. The summed E-state index contributed by atoms with van der Waals surface area (Å²) < 4.78 is 22.5. The molecule has 1 aliphatic heterocycles. The molecule has 0 unspecified atom stereocenters. The van der Waals surface area contributed by atoms with Crippen molar-refractivity contribution in [2.24, 2.45) is 5.14 Å². The van der Waals surface area contributed by atoms with Gasteiger partial charge in [-0.25, -0.2) is 13.6 Å². The zero-order valence-electron chi connectivity index (χ0n) is 15.5. The topological polar surface area (TPSA) is 114 Å². The molecule has 1 fully saturated rings. The van der Waals surface area contributed by atoms with Crippen molar-refractivity contribution >= 4 is 21.8 Å². The van der Waals surface area contributed by atoms with Gasteiger partial charge < -0.3 is 5.32 Å². The number of primary sulfonamides is 1. The summed E-state index contributed by atoms with van der Waals surface area (Å²) in [5, 5.41) is 6.97. The lowest BCUT2D eigenvalue weighted by Gasteiger charge is -2.14. The SMILES string of the molecule is NS(=O)(=O)c1ccc(CC[NH2+][C@H]2CC(=O)N(CCc3ccccc3)C2=O)cc1. The Bertz CT molecular complexity index is 943. The third-order valence-corrected chi connectivity index (χ3v) is 5.81. The Hall–Kier alpha value is -2.55. The van der Waals surface area contributed by atoms with E-state index in [4.69, 9.17) is 5.14 Å². The molecule has 0 bridgehead atoms. The third-order valence-electron chi connectivity index (χ3n) is 4.88. The Morgan fingerprint density at radius 2 is 1.61 bits per heavy atom. The molecule has 4 N–H and O–H groups in total. The lowest BCUT2D eigenvalue weighted by atomic mass is 10.1. The van der Waals surface area contributed by atoms with Gasteiger partial charge in [0.15, 0.2) is 6.04 Å². The van der Waals surface area contributed by atoms with Gasteiger partial charge in [-0.2, -0.15) is 0 Å². The second-order valence-electron chi connectivity index (χ2n) is 6.89. The van der Waals surface area contributed by atoms with E-state index in [1.807, 2.05) is 35.6 Å². The van der Waals surface area contributed by atoms with Crippen molar-refractivity contribution in [1.29, 1.82) is 0 Å².